The number of aryl methyl sites for hydroxylation is 1. The van der Waals surface area contributed by atoms with Gasteiger partial charge in [0, 0.05) is 29.6 Å². The van der Waals surface area contributed by atoms with Crippen LogP contribution < -0.4 is 11.1 Å². The minimum atomic E-state index is -0.394. The Morgan fingerprint density at radius 3 is 2.63 bits per heavy atom. The van der Waals surface area contributed by atoms with Crippen molar-refractivity contribution in [2.45, 2.75) is 45.7 Å². The van der Waals surface area contributed by atoms with Crippen LogP contribution in [0.15, 0.2) is 43.0 Å². The van der Waals surface area contributed by atoms with E-state index in [2.05, 4.69) is 11.9 Å². The molecule has 0 saturated heterocycles. The first kappa shape index (κ1) is 21.1. The van der Waals surface area contributed by atoms with Gasteiger partial charge in [-0.3, -0.25) is 4.79 Å². The van der Waals surface area contributed by atoms with Gasteiger partial charge in [-0.05, 0) is 37.5 Å². The van der Waals surface area contributed by atoms with Crippen molar-refractivity contribution in [3.05, 3.63) is 76.1 Å². The number of rotatable bonds is 8. The smallest absolute Gasteiger partial charge is 0.218 e. The lowest BCUT2D eigenvalue weighted by atomic mass is 9.93. The zero-order chi connectivity index (χ0) is 20.1. The highest BCUT2D eigenvalue weighted by Crippen LogP contribution is 2.35. The number of carbonyl (C=O) groups is 1. The average Bonchev–Trinajstić information content (AvgIpc) is 2.59. The Balaban J connectivity index is 2.41. The van der Waals surface area contributed by atoms with Crippen molar-refractivity contribution in [2.75, 3.05) is 0 Å². The van der Waals surface area contributed by atoms with Crippen molar-refractivity contribution in [1.29, 1.82) is 0 Å². The molecule has 5 heteroatoms. The molecule has 0 fully saturated rings. The second-order valence-corrected chi connectivity index (χ2v) is 7.28. The summed E-state index contributed by atoms with van der Waals surface area (Å²) in [5.74, 6) is -0.783. The van der Waals surface area contributed by atoms with Crippen LogP contribution in [0.4, 0.5) is 4.39 Å². The van der Waals surface area contributed by atoms with Gasteiger partial charge in [0.15, 0.2) is 0 Å². The quantitative estimate of drug-likeness (QED) is 0.656. The van der Waals surface area contributed by atoms with E-state index in [-0.39, 0.29) is 24.3 Å². The Bertz CT molecular complexity index is 850. The molecule has 0 saturated carbocycles. The van der Waals surface area contributed by atoms with Crippen molar-refractivity contribution >= 4 is 23.1 Å². The molecule has 2 atom stereocenters. The van der Waals surface area contributed by atoms with Crippen molar-refractivity contribution < 1.29 is 9.18 Å². The van der Waals surface area contributed by atoms with Gasteiger partial charge in [0.05, 0.1) is 5.02 Å². The van der Waals surface area contributed by atoms with Crippen LogP contribution in [-0.2, 0) is 4.79 Å². The summed E-state index contributed by atoms with van der Waals surface area (Å²) in [4.78, 5) is 11.1. The zero-order valence-electron chi connectivity index (χ0n) is 16.0. The first-order valence-corrected chi connectivity index (χ1v) is 9.40. The molecule has 2 rings (SSSR count). The molecule has 3 N–H and O–H groups in total. The molecule has 0 radical (unpaired) electrons. The van der Waals surface area contributed by atoms with Gasteiger partial charge >= 0.3 is 0 Å². The highest BCUT2D eigenvalue weighted by Gasteiger charge is 2.22. The third kappa shape index (κ3) is 5.18. The number of nitrogens with two attached hydrogens (primary N) is 1. The third-order valence-corrected chi connectivity index (χ3v) is 4.88. The first-order chi connectivity index (χ1) is 12.7. The summed E-state index contributed by atoms with van der Waals surface area (Å²) in [6, 6.07) is 10.7. The Kier molecular flexibility index (Phi) is 7.17. The fraction of sp³-hybridized carbons (Fsp3) is 0.318. The fourth-order valence-corrected chi connectivity index (χ4v) is 3.48. The lowest BCUT2D eigenvalue weighted by Crippen LogP contribution is -2.34. The van der Waals surface area contributed by atoms with Crippen LogP contribution in [0.5, 0.6) is 0 Å². The van der Waals surface area contributed by atoms with Gasteiger partial charge in [-0.2, -0.15) is 0 Å². The number of hydrogen-bond donors (Lipinski definition) is 2. The van der Waals surface area contributed by atoms with Gasteiger partial charge in [-0.1, -0.05) is 61.0 Å². The van der Waals surface area contributed by atoms with Crippen molar-refractivity contribution in [3.8, 4) is 0 Å². The summed E-state index contributed by atoms with van der Waals surface area (Å²) in [5, 5.41) is 3.60. The zero-order valence-corrected chi connectivity index (χ0v) is 16.7. The highest BCUT2D eigenvalue weighted by molar-refractivity contribution is 6.32. The molecule has 0 heterocycles. The lowest BCUT2D eigenvalue weighted by Gasteiger charge is -2.24. The third-order valence-electron chi connectivity index (χ3n) is 4.57. The van der Waals surface area contributed by atoms with E-state index in [1.807, 2.05) is 45.0 Å². The van der Waals surface area contributed by atoms with E-state index in [1.165, 1.54) is 0 Å². The summed E-state index contributed by atoms with van der Waals surface area (Å²) in [7, 11) is 0. The van der Waals surface area contributed by atoms with Crippen molar-refractivity contribution in [3.63, 3.8) is 0 Å². The molecule has 0 spiro atoms. The maximum Gasteiger partial charge on any atom is 0.218 e. The van der Waals surface area contributed by atoms with Crippen LogP contribution in [0.2, 0.25) is 5.02 Å². The van der Waals surface area contributed by atoms with Gasteiger partial charge in [0.2, 0.25) is 5.91 Å². The largest absolute Gasteiger partial charge is 0.370 e. The maximum absolute atomic E-state index is 15.4. The minimum absolute atomic E-state index is 0.161. The van der Waals surface area contributed by atoms with E-state index < -0.39 is 5.91 Å². The van der Waals surface area contributed by atoms with E-state index in [4.69, 9.17) is 17.3 Å². The van der Waals surface area contributed by atoms with Crippen molar-refractivity contribution in [2.24, 2.45) is 5.73 Å². The molecule has 2 aromatic carbocycles. The van der Waals surface area contributed by atoms with Crippen LogP contribution in [0.25, 0.3) is 5.57 Å². The predicted molar refractivity (Wildman–Crippen MR) is 110 cm³/mol. The Hall–Kier alpha value is -2.17. The Morgan fingerprint density at radius 2 is 2.04 bits per heavy atom. The minimum Gasteiger partial charge on any atom is -0.370 e. The number of benzene rings is 2. The van der Waals surface area contributed by atoms with E-state index in [0.717, 1.165) is 11.1 Å². The fourth-order valence-electron chi connectivity index (χ4n) is 3.22. The monoisotopic (exact) mass is 388 g/mol. The SMILES string of the molecule is C=C(c1cccc(C)c1)c1c(Cl)ccc(C(CC)NC(C)CC(N)=O)c1F. The molecule has 0 aliphatic heterocycles. The standard InChI is InChI=1S/C22H26ClFN2O/c1-5-19(26-14(3)12-20(25)27)17-9-10-18(23)21(22(17)24)15(4)16-8-6-7-13(2)11-16/h6-11,14,19,26H,4-5,12H2,1-3H3,(H2,25,27). The van der Waals surface area contributed by atoms with Crippen LogP contribution in [0.3, 0.4) is 0 Å². The predicted octanol–water partition coefficient (Wildman–Crippen LogP) is 5.15. The van der Waals surface area contributed by atoms with E-state index in [0.29, 0.717) is 28.1 Å². The number of nitrogens with one attached hydrogen (secondary N) is 1. The number of hydrogen-bond acceptors (Lipinski definition) is 2. The summed E-state index contributed by atoms with van der Waals surface area (Å²) in [6.07, 6.45) is 0.840. The first-order valence-electron chi connectivity index (χ1n) is 9.03. The van der Waals surface area contributed by atoms with Crippen LogP contribution in [0.1, 0.15) is 55.0 Å². The Morgan fingerprint density at radius 1 is 1.33 bits per heavy atom. The average molecular weight is 389 g/mol. The van der Waals surface area contributed by atoms with Crippen molar-refractivity contribution in [1.82, 2.24) is 5.32 Å². The van der Waals surface area contributed by atoms with Crippen LogP contribution >= 0.6 is 11.6 Å². The molecule has 27 heavy (non-hydrogen) atoms. The van der Waals surface area contributed by atoms with Gasteiger partial charge in [-0.15, -0.1) is 0 Å². The Labute approximate surface area is 165 Å². The summed E-state index contributed by atoms with van der Waals surface area (Å²) >= 11 is 6.33. The summed E-state index contributed by atoms with van der Waals surface area (Å²) in [6.45, 7) is 9.86. The molecule has 0 aromatic heterocycles. The number of primary amides is 1. The molecule has 144 valence electrons. The lowest BCUT2D eigenvalue weighted by molar-refractivity contribution is -0.118. The molecule has 2 unspecified atom stereocenters. The molecular formula is C22H26ClFN2O. The number of amides is 1. The number of halogens is 2. The van der Waals surface area contributed by atoms with Gasteiger partial charge in [0.1, 0.15) is 5.82 Å². The molecule has 0 aliphatic rings. The van der Waals surface area contributed by atoms with E-state index in [1.54, 1.807) is 12.1 Å². The van der Waals surface area contributed by atoms with Gasteiger partial charge < -0.3 is 11.1 Å². The number of carbonyl (C=O) groups excluding carboxylic acids is 1. The summed E-state index contributed by atoms with van der Waals surface area (Å²) in [5.41, 5.74) is 8.51. The van der Waals surface area contributed by atoms with Crippen LogP contribution in [-0.4, -0.2) is 11.9 Å². The van der Waals surface area contributed by atoms with E-state index in [9.17, 15) is 4.79 Å². The van der Waals surface area contributed by atoms with E-state index >= 15 is 4.39 Å². The van der Waals surface area contributed by atoms with Gasteiger partial charge in [-0.25, -0.2) is 4.39 Å². The highest BCUT2D eigenvalue weighted by atomic mass is 35.5. The normalized spacial score (nSPS) is 13.2. The molecule has 0 aliphatic carbocycles. The molecule has 0 bridgehead atoms. The summed E-state index contributed by atoms with van der Waals surface area (Å²) < 4.78 is 15.4. The second-order valence-electron chi connectivity index (χ2n) is 6.87. The van der Waals surface area contributed by atoms with Gasteiger partial charge in [0.25, 0.3) is 0 Å². The van der Waals surface area contributed by atoms with Crippen LogP contribution in [0, 0.1) is 12.7 Å². The molecule has 1 amide bonds. The topological polar surface area (TPSA) is 55.1 Å². The second kappa shape index (κ2) is 9.16. The molecule has 2 aromatic rings. The maximum atomic E-state index is 15.4. The molecular weight excluding hydrogens is 363 g/mol. The molecule has 3 nitrogen and oxygen atoms in total.